The molecule has 2 fully saturated rings. The van der Waals surface area contributed by atoms with Gasteiger partial charge in [-0.1, -0.05) is 181 Å². The van der Waals surface area contributed by atoms with E-state index in [4.69, 9.17) is 9.47 Å². The highest BCUT2D eigenvalue weighted by atomic mass is 16.5. The number of benzene rings is 1. The molecule has 2 aliphatic rings. The van der Waals surface area contributed by atoms with E-state index in [1.807, 2.05) is 0 Å². The van der Waals surface area contributed by atoms with Crippen LogP contribution in [0.4, 0.5) is 0 Å². The van der Waals surface area contributed by atoms with E-state index in [1.165, 1.54) is 154 Å². The Kier molecular flexibility index (Phi) is 29.0. The highest BCUT2D eigenvalue weighted by Crippen LogP contribution is 2.46. The molecule has 0 amide bonds. The van der Waals surface area contributed by atoms with Crippen LogP contribution < -0.4 is 0 Å². The number of carboxylic acid groups (broad SMARTS) is 1. The highest BCUT2D eigenvalue weighted by Gasteiger charge is 2.36. The Labute approximate surface area is 344 Å². The predicted molar refractivity (Wildman–Crippen MR) is 233 cm³/mol. The standard InChI is InChI=1S/C26H40O4.C24H46O2/c1-2-3-4-5-6-7-8-9-10-16-21-29-25(27)23-19-14-15-20-24(23)26(28)30-22-17-12-11-13-18-22;1-3-5-7-9-11-13-15-22-16-19-24(20-17-22,21-23(25)26)18-14-12-10-8-6-4-2/h14-15,19-20,22H,2-13,16-18,21H2,1H3;22H,3-21H2,1-2H3,(H,25,26). The summed E-state index contributed by atoms with van der Waals surface area (Å²) in [5.41, 5.74) is 0.746. The molecular weight excluding hydrogens is 697 g/mol. The zero-order valence-electron chi connectivity index (χ0n) is 36.7. The molecule has 56 heavy (non-hydrogen) atoms. The fourth-order valence-corrected chi connectivity index (χ4v) is 8.98. The number of rotatable bonds is 30. The summed E-state index contributed by atoms with van der Waals surface area (Å²) in [4.78, 5) is 36.5. The van der Waals surface area contributed by atoms with E-state index in [9.17, 15) is 19.5 Å². The minimum atomic E-state index is -0.578. The molecule has 0 atom stereocenters. The van der Waals surface area contributed by atoms with E-state index in [0.29, 0.717) is 24.2 Å². The minimum Gasteiger partial charge on any atom is -0.481 e. The summed E-state index contributed by atoms with van der Waals surface area (Å²) in [5, 5.41) is 9.41. The van der Waals surface area contributed by atoms with E-state index in [-0.39, 0.29) is 11.5 Å². The van der Waals surface area contributed by atoms with Gasteiger partial charge in [-0.25, -0.2) is 9.59 Å². The molecule has 1 aromatic rings. The normalized spacial score (nSPS) is 18.5. The summed E-state index contributed by atoms with van der Waals surface area (Å²) in [6, 6.07) is 6.82. The van der Waals surface area contributed by atoms with Crippen LogP contribution in [0.5, 0.6) is 0 Å². The highest BCUT2D eigenvalue weighted by molar-refractivity contribution is 6.03. The number of hydrogen-bond acceptors (Lipinski definition) is 5. The lowest BCUT2D eigenvalue weighted by Gasteiger charge is -2.39. The fraction of sp³-hybridized carbons (Fsp3) is 0.820. The molecule has 0 bridgehead atoms. The molecule has 322 valence electrons. The van der Waals surface area contributed by atoms with Gasteiger partial charge in [0.25, 0.3) is 0 Å². The van der Waals surface area contributed by atoms with Crippen LogP contribution in [0.2, 0.25) is 0 Å². The largest absolute Gasteiger partial charge is 0.481 e. The molecule has 0 heterocycles. The molecule has 0 aromatic heterocycles. The molecule has 0 radical (unpaired) electrons. The predicted octanol–water partition coefficient (Wildman–Crippen LogP) is 15.4. The Morgan fingerprint density at radius 3 is 1.57 bits per heavy atom. The molecule has 3 rings (SSSR count). The maximum Gasteiger partial charge on any atom is 0.339 e. The van der Waals surface area contributed by atoms with Crippen LogP contribution in [-0.2, 0) is 14.3 Å². The van der Waals surface area contributed by atoms with E-state index in [0.717, 1.165) is 63.7 Å². The lowest BCUT2D eigenvalue weighted by atomic mass is 9.65. The molecule has 0 spiro atoms. The number of hydrogen-bond donors (Lipinski definition) is 1. The number of ether oxygens (including phenoxy) is 2. The summed E-state index contributed by atoms with van der Waals surface area (Å²) < 4.78 is 11.1. The first kappa shape index (κ1) is 49.8. The fourth-order valence-electron chi connectivity index (χ4n) is 8.98. The van der Waals surface area contributed by atoms with Crippen molar-refractivity contribution < 1.29 is 29.0 Å². The van der Waals surface area contributed by atoms with Gasteiger partial charge in [-0.2, -0.15) is 0 Å². The summed E-state index contributed by atoms with van der Waals surface area (Å²) in [7, 11) is 0. The molecule has 6 heteroatoms. The van der Waals surface area contributed by atoms with Crippen molar-refractivity contribution in [3.05, 3.63) is 35.4 Å². The maximum atomic E-state index is 12.6. The molecule has 6 nitrogen and oxygen atoms in total. The van der Waals surface area contributed by atoms with Gasteiger partial charge in [0.2, 0.25) is 0 Å². The van der Waals surface area contributed by atoms with Crippen molar-refractivity contribution in [2.45, 2.75) is 245 Å². The number of carbonyl (C=O) groups is 3. The van der Waals surface area contributed by atoms with Crippen molar-refractivity contribution in [2.75, 3.05) is 6.61 Å². The van der Waals surface area contributed by atoms with Crippen molar-refractivity contribution in [3.63, 3.8) is 0 Å². The third-order valence-corrected chi connectivity index (χ3v) is 12.6. The van der Waals surface area contributed by atoms with Crippen molar-refractivity contribution in [1.29, 1.82) is 0 Å². The summed E-state index contributed by atoms with van der Waals surface area (Å²) in [6.45, 7) is 7.18. The average molecular weight is 783 g/mol. The summed E-state index contributed by atoms with van der Waals surface area (Å²) in [6.07, 6.45) is 41.6. The Hall–Kier alpha value is -2.37. The van der Waals surface area contributed by atoms with E-state index in [2.05, 4.69) is 20.8 Å². The lowest BCUT2D eigenvalue weighted by Crippen LogP contribution is -2.30. The van der Waals surface area contributed by atoms with Gasteiger partial charge in [0.1, 0.15) is 6.10 Å². The van der Waals surface area contributed by atoms with Gasteiger partial charge in [0.15, 0.2) is 0 Å². The summed E-state index contributed by atoms with van der Waals surface area (Å²) >= 11 is 0. The molecule has 0 unspecified atom stereocenters. The van der Waals surface area contributed by atoms with Gasteiger partial charge >= 0.3 is 17.9 Å². The molecule has 0 aliphatic heterocycles. The van der Waals surface area contributed by atoms with E-state index < -0.39 is 17.9 Å². The Balaban J connectivity index is 0.000000391. The van der Waals surface area contributed by atoms with Crippen LogP contribution in [0.3, 0.4) is 0 Å². The van der Waals surface area contributed by atoms with Crippen molar-refractivity contribution in [2.24, 2.45) is 11.3 Å². The third-order valence-electron chi connectivity index (χ3n) is 12.6. The molecule has 0 saturated heterocycles. The van der Waals surface area contributed by atoms with Gasteiger partial charge < -0.3 is 14.6 Å². The Morgan fingerprint density at radius 2 is 1.05 bits per heavy atom. The molecule has 1 N–H and O–H groups in total. The third kappa shape index (κ3) is 23.1. The molecular formula is C50H86O6. The van der Waals surface area contributed by atoms with Crippen molar-refractivity contribution in [3.8, 4) is 0 Å². The number of unbranched alkanes of at least 4 members (excludes halogenated alkanes) is 19. The van der Waals surface area contributed by atoms with Crippen LogP contribution >= 0.6 is 0 Å². The van der Waals surface area contributed by atoms with Crippen molar-refractivity contribution >= 4 is 17.9 Å². The zero-order valence-corrected chi connectivity index (χ0v) is 36.7. The van der Waals surface area contributed by atoms with Gasteiger partial charge in [-0.3, -0.25) is 4.79 Å². The Bertz CT molecular complexity index is 1130. The van der Waals surface area contributed by atoms with Gasteiger partial charge in [-0.15, -0.1) is 0 Å². The second kappa shape index (κ2) is 32.6. The number of esters is 2. The Morgan fingerprint density at radius 1 is 0.589 bits per heavy atom. The first-order chi connectivity index (χ1) is 27.3. The summed E-state index contributed by atoms with van der Waals surface area (Å²) in [5.74, 6) is -0.548. The van der Waals surface area contributed by atoms with Crippen LogP contribution in [-0.4, -0.2) is 35.7 Å². The molecule has 2 aliphatic carbocycles. The maximum absolute atomic E-state index is 12.6. The van der Waals surface area contributed by atoms with Crippen LogP contribution in [0.1, 0.15) is 260 Å². The molecule has 1 aromatic carbocycles. The van der Waals surface area contributed by atoms with Gasteiger partial charge in [0, 0.05) is 0 Å². The average Bonchev–Trinajstić information content (AvgIpc) is 3.20. The quantitative estimate of drug-likeness (QED) is 0.0617. The number of aliphatic carboxylic acids is 1. The van der Waals surface area contributed by atoms with Gasteiger partial charge in [-0.05, 0) is 87.7 Å². The van der Waals surface area contributed by atoms with E-state index >= 15 is 0 Å². The second-order valence-corrected chi connectivity index (χ2v) is 17.6. The second-order valence-electron chi connectivity index (χ2n) is 17.6. The minimum absolute atomic E-state index is 0.0260. The first-order valence-electron chi connectivity index (χ1n) is 24.0. The van der Waals surface area contributed by atoms with Gasteiger partial charge in [0.05, 0.1) is 24.2 Å². The topological polar surface area (TPSA) is 89.9 Å². The zero-order chi connectivity index (χ0) is 40.5. The van der Waals surface area contributed by atoms with Crippen LogP contribution in [0.25, 0.3) is 0 Å². The molecule has 2 saturated carbocycles. The lowest BCUT2D eigenvalue weighted by molar-refractivity contribution is -0.140. The SMILES string of the molecule is CCCCCCCCC1CCC(CCCCCCCC)(CC(=O)O)CC1.CCCCCCCCCCCCOC(=O)c1ccccc1C(=O)OC1CCCCC1. The van der Waals surface area contributed by atoms with E-state index in [1.54, 1.807) is 24.3 Å². The number of carboxylic acids is 1. The van der Waals surface area contributed by atoms with Crippen LogP contribution in [0, 0.1) is 11.3 Å². The smallest absolute Gasteiger partial charge is 0.339 e. The number of carbonyl (C=O) groups excluding carboxylic acids is 2. The first-order valence-corrected chi connectivity index (χ1v) is 24.0. The van der Waals surface area contributed by atoms with Crippen molar-refractivity contribution in [1.82, 2.24) is 0 Å². The van der Waals surface area contributed by atoms with Crippen LogP contribution in [0.15, 0.2) is 24.3 Å². The monoisotopic (exact) mass is 783 g/mol.